The molecule has 6 nitrogen and oxygen atoms in total. The Labute approximate surface area is 154 Å². The van der Waals surface area contributed by atoms with Crippen LogP contribution in [-0.4, -0.2) is 46.8 Å². The number of hydrogen-bond donors (Lipinski definition) is 2. The molecule has 2 fully saturated rings. The minimum Gasteiger partial charge on any atom is -0.478 e. The first kappa shape index (κ1) is 18.5. The van der Waals surface area contributed by atoms with Gasteiger partial charge >= 0.3 is 12.1 Å². The first-order chi connectivity index (χ1) is 12.1. The van der Waals surface area contributed by atoms with E-state index in [1.165, 1.54) is 0 Å². The normalized spacial score (nSPS) is 25.1. The quantitative estimate of drug-likeness (QED) is 0.855. The van der Waals surface area contributed by atoms with E-state index in [2.05, 4.69) is 5.32 Å². The summed E-state index contributed by atoms with van der Waals surface area (Å²) < 4.78 is 5.47. The number of likely N-dealkylation sites (tertiary alicyclic amines) is 1. The molecule has 1 amide bonds. The lowest BCUT2D eigenvalue weighted by molar-refractivity contribution is 0.0237. The van der Waals surface area contributed by atoms with E-state index in [4.69, 9.17) is 9.84 Å². The lowest BCUT2D eigenvalue weighted by Crippen LogP contribution is -2.47. The average Bonchev–Trinajstić information content (AvgIpc) is 2.90. The van der Waals surface area contributed by atoms with Gasteiger partial charge in [-0.1, -0.05) is 0 Å². The second kappa shape index (κ2) is 6.49. The van der Waals surface area contributed by atoms with Gasteiger partial charge in [0.25, 0.3) is 0 Å². The summed E-state index contributed by atoms with van der Waals surface area (Å²) >= 11 is 0. The molecule has 1 aromatic carbocycles. The number of aromatic carboxylic acids is 1. The second-order valence-corrected chi connectivity index (χ2v) is 8.74. The van der Waals surface area contributed by atoms with Crippen LogP contribution in [0.2, 0.25) is 0 Å². The van der Waals surface area contributed by atoms with Crippen LogP contribution in [0.3, 0.4) is 0 Å². The Morgan fingerprint density at radius 1 is 1.31 bits per heavy atom. The number of anilines is 1. The Morgan fingerprint density at radius 3 is 2.58 bits per heavy atom. The van der Waals surface area contributed by atoms with Gasteiger partial charge in [0.15, 0.2) is 0 Å². The first-order valence-electron chi connectivity index (χ1n) is 9.15. The number of aryl methyl sites for hydroxylation is 1. The van der Waals surface area contributed by atoms with E-state index in [0.29, 0.717) is 11.6 Å². The zero-order valence-corrected chi connectivity index (χ0v) is 16.0. The van der Waals surface area contributed by atoms with Crippen LogP contribution in [0.25, 0.3) is 0 Å². The molecule has 0 aromatic heterocycles. The fourth-order valence-corrected chi connectivity index (χ4v) is 4.07. The molecule has 142 valence electrons. The van der Waals surface area contributed by atoms with Gasteiger partial charge in [0.1, 0.15) is 5.60 Å². The maximum Gasteiger partial charge on any atom is 0.410 e. The van der Waals surface area contributed by atoms with Gasteiger partial charge in [-0.05, 0) is 76.1 Å². The smallest absolute Gasteiger partial charge is 0.410 e. The van der Waals surface area contributed by atoms with Gasteiger partial charge in [-0.3, -0.25) is 0 Å². The van der Waals surface area contributed by atoms with E-state index < -0.39 is 11.6 Å². The highest BCUT2D eigenvalue weighted by Crippen LogP contribution is 2.49. The molecule has 1 heterocycles. The summed E-state index contributed by atoms with van der Waals surface area (Å²) in [7, 11) is 0. The van der Waals surface area contributed by atoms with E-state index in [0.717, 1.165) is 43.6 Å². The SMILES string of the molecule is Cc1cc(NC2CC3(CCN(C(=O)OC(C)(C)C)C3)C2)ccc1C(=O)O. The summed E-state index contributed by atoms with van der Waals surface area (Å²) in [5, 5.41) is 12.6. The minimum atomic E-state index is -0.898. The van der Waals surface area contributed by atoms with Gasteiger partial charge in [0, 0.05) is 24.8 Å². The molecule has 1 saturated carbocycles. The van der Waals surface area contributed by atoms with Gasteiger partial charge in [0.05, 0.1) is 5.56 Å². The third kappa shape index (κ3) is 3.94. The van der Waals surface area contributed by atoms with Crippen molar-refractivity contribution in [3.05, 3.63) is 29.3 Å². The van der Waals surface area contributed by atoms with Crippen LogP contribution in [0, 0.1) is 12.3 Å². The van der Waals surface area contributed by atoms with E-state index >= 15 is 0 Å². The topological polar surface area (TPSA) is 78.9 Å². The minimum absolute atomic E-state index is 0.199. The summed E-state index contributed by atoms with van der Waals surface area (Å²) in [6, 6.07) is 5.72. The Kier molecular flexibility index (Phi) is 4.63. The van der Waals surface area contributed by atoms with E-state index in [1.54, 1.807) is 6.07 Å². The lowest BCUT2D eigenvalue weighted by Gasteiger charge is -2.45. The van der Waals surface area contributed by atoms with Gasteiger partial charge < -0.3 is 20.1 Å². The van der Waals surface area contributed by atoms with Crippen LogP contribution in [0.4, 0.5) is 10.5 Å². The number of benzene rings is 1. The molecule has 0 unspecified atom stereocenters. The van der Waals surface area contributed by atoms with E-state index in [9.17, 15) is 9.59 Å². The third-order valence-corrected chi connectivity index (χ3v) is 5.28. The molecule has 26 heavy (non-hydrogen) atoms. The van der Waals surface area contributed by atoms with Crippen LogP contribution in [0.15, 0.2) is 18.2 Å². The van der Waals surface area contributed by atoms with Gasteiger partial charge in [-0.15, -0.1) is 0 Å². The van der Waals surface area contributed by atoms with Crippen molar-refractivity contribution < 1.29 is 19.4 Å². The third-order valence-electron chi connectivity index (χ3n) is 5.28. The largest absolute Gasteiger partial charge is 0.478 e. The molecule has 3 rings (SSSR count). The summed E-state index contributed by atoms with van der Waals surface area (Å²) in [4.78, 5) is 25.2. The highest BCUT2D eigenvalue weighted by Gasteiger charge is 2.50. The number of hydrogen-bond acceptors (Lipinski definition) is 4. The van der Waals surface area contributed by atoms with Crippen LogP contribution >= 0.6 is 0 Å². The van der Waals surface area contributed by atoms with Crippen LogP contribution in [0.5, 0.6) is 0 Å². The zero-order valence-electron chi connectivity index (χ0n) is 16.0. The van der Waals surface area contributed by atoms with E-state index in [-0.39, 0.29) is 11.5 Å². The maximum atomic E-state index is 12.2. The molecule has 0 atom stereocenters. The van der Waals surface area contributed by atoms with E-state index in [1.807, 2.05) is 44.7 Å². The number of rotatable bonds is 3. The Hall–Kier alpha value is -2.24. The molecular weight excluding hydrogens is 332 g/mol. The van der Waals surface area contributed by atoms with Crippen molar-refractivity contribution >= 4 is 17.7 Å². The van der Waals surface area contributed by atoms with Crippen LogP contribution < -0.4 is 5.32 Å². The number of nitrogens with zero attached hydrogens (tertiary/aromatic N) is 1. The fourth-order valence-electron chi connectivity index (χ4n) is 4.07. The molecule has 6 heteroatoms. The summed E-state index contributed by atoms with van der Waals surface area (Å²) in [6.45, 7) is 8.99. The number of carbonyl (C=O) groups excluding carboxylic acids is 1. The Balaban J connectivity index is 1.52. The molecule has 2 aliphatic rings. The van der Waals surface area contributed by atoms with Gasteiger partial charge in [-0.25, -0.2) is 9.59 Å². The van der Waals surface area contributed by atoms with Crippen molar-refractivity contribution in [2.75, 3.05) is 18.4 Å². The lowest BCUT2D eigenvalue weighted by atomic mass is 9.65. The molecule has 2 N–H and O–H groups in total. The number of carbonyl (C=O) groups is 2. The zero-order chi connectivity index (χ0) is 19.1. The second-order valence-electron chi connectivity index (χ2n) is 8.74. The van der Waals surface area contributed by atoms with Crippen LogP contribution in [0.1, 0.15) is 56.0 Å². The average molecular weight is 360 g/mol. The molecule has 1 aromatic rings. The Morgan fingerprint density at radius 2 is 2.00 bits per heavy atom. The summed E-state index contributed by atoms with van der Waals surface area (Å²) in [5.74, 6) is -0.898. The fraction of sp³-hybridized carbons (Fsp3) is 0.600. The predicted octanol–water partition coefficient (Wildman–Crippen LogP) is 3.89. The van der Waals surface area contributed by atoms with Crippen molar-refractivity contribution in [1.29, 1.82) is 0 Å². The van der Waals surface area contributed by atoms with Gasteiger partial charge in [0.2, 0.25) is 0 Å². The molecule has 1 aliphatic heterocycles. The standard InChI is InChI=1S/C20H28N2O4/c1-13-9-14(5-6-16(13)17(23)24)21-15-10-20(11-15)7-8-22(12-20)18(25)26-19(2,3)4/h5-6,9,15,21H,7-8,10-12H2,1-4H3,(H,23,24). The summed E-state index contributed by atoms with van der Waals surface area (Å²) in [5.41, 5.74) is 1.79. The molecule has 1 spiro atoms. The van der Waals surface area contributed by atoms with Crippen LogP contribution in [-0.2, 0) is 4.74 Å². The molecule has 1 aliphatic carbocycles. The predicted molar refractivity (Wildman–Crippen MR) is 99.6 cm³/mol. The maximum absolute atomic E-state index is 12.2. The number of carboxylic acid groups (broad SMARTS) is 1. The molecular formula is C20H28N2O4. The van der Waals surface area contributed by atoms with Gasteiger partial charge in [-0.2, -0.15) is 0 Å². The van der Waals surface area contributed by atoms with Crippen molar-refractivity contribution in [3.63, 3.8) is 0 Å². The summed E-state index contributed by atoms with van der Waals surface area (Å²) in [6.07, 6.45) is 2.84. The highest BCUT2D eigenvalue weighted by atomic mass is 16.6. The number of ether oxygens (including phenoxy) is 1. The van der Waals surface area contributed by atoms with Crippen molar-refractivity contribution in [3.8, 4) is 0 Å². The number of amides is 1. The van der Waals surface area contributed by atoms with Crippen molar-refractivity contribution in [1.82, 2.24) is 4.90 Å². The molecule has 0 radical (unpaired) electrons. The Bertz CT molecular complexity index is 717. The molecule has 0 bridgehead atoms. The number of carboxylic acids is 1. The first-order valence-corrected chi connectivity index (χ1v) is 9.15. The monoisotopic (exact) mass is 360 g/mol. The molecule has 1 saturated heterocycles. The van der Waals surface area contributed by atoms with Crippen molar-refractivity contribution in [2.45, 2.75) is 58.6 Å². The van der Waals surface area contributed by atoms with Crippen molar-refractivity contribution in [2.24, 2.45) is 5.41 Å². The number of nitrogens with one attached hydrogen (secondary N) is 1. The highest BCUT2D eigenvalue weighted by molar-refractivity contribution is 5.89.